The van der Waals surface area contributed by atoms with Gasteiger partial charge in [0, 0.05) is 30.9 Å². The number of carbonyl (C=O) groups is 2. The van der Waals surface area contributed by atoms with Crippen LogP contribution in [0.2, 0.25) is 0 Å². The van der Waals surface area contributed by atoms with Gasteiger partial charge in [-0.1, -0.05) is 32.1 Å². The monoisotopic (exact) mass is 460 g/mol. The van der Waals surface area contributed by atoms with Gasteiger partial charge < -0.3 is 21.1 Å². The molecule has 1 aromatic rings. The van der Waals surface area contributed by atoms with Crippen molar-refractivity contribution in [3.63, 3.8) is 0 Å². The van der Waals surface area contributed by atoms with Crippen LogP contribution in [0.1, 0.15) is 81.0 Å². The van der Waals surface area contributed by atoms with Gasteiger partial charge in [-0.2, -0.15) is 0 Å². The van der Waals surface area contributed by atoms with Gasteiger partial charge in [-0.05, 0) is 57.2 Å². The molecule has 0 aromatic heterocycles. The van der Waals surface area contributed by atoms with Crippen LogP contribution in [0.4, 0.5) is 15.8 Å². The number of carbonyl (C=O) groups excluding carboxylic acids is 1. The number of carboxylic acid groups (broad SMARTS) is 1. The zero-order valence-corrected chi connectivity index (χ0v) is 19.4. The lowest BCUT2D eigenvalue weighted by Gasteiger charge is -2.25. The fourth-order valence-corrected chi connectivity index (χ4v) is 5.53. The summed E-state index contributed by atoms with van der Waals surface area (Å²) in [4.78, 5) is 26.3. The lowest BCUT2D eigenvalue weighted by Crippen LogP contribution is -2.41. The molecule has 4 N–H and O–H groups in total. The third-order valence-electron chi connectivity index (χ3n) is 7.36. The number of rotatable bonds is 9. The summed E-state index contributed by atoms with van der Waals surface area (Å²) in [5.41, 5.74) is 1.44. The van der Waals surface area contributed by atoms with Crippen molar-refractivity contribution < 1.29 is 19.1 Å². The summed E-state index contributed by atoms with van der Waals surface area (Å²) >= 11 is 0. The molecule has 33 heavy (non-hydrogen) atoms. The van der Waals surface area contributed by atoms with E-state index in [-0.39, 0.29) is 11.9 Å². The van der Waals surface area contributed by atoms with Gasteiger partial charge in [-0.15, -0.1) is 0 Å². The maximum atomic E-state index is 15.0. The van der Waals surface area contributed by atoms with E-state index in [0.717, 1.165) is 64.3 Å². The zero-order chi connectivity index (χ0) is 23.2. The Morgan fingerprint density at radius 3 is 2.21 bits per heavy atom. The molecule has 2 aliphatic carbocycles. The van der Waals surface area contributed by atoms with E-state index in [1.165, 1.54) is 12.5 Å². The third-order valence-corrected chi connectivity index (χ3v) is 7.36. The van der Waals surface area contributed by atoms with Gasteiger partial charge in [-0.3, -0.25) is 14.5 Å². The van der Waals surface area contributed by atoms with E-state index < -0.39 is 17.8 Å². The minimum absolute atomic E-state index is 0.273. The number of nitrogens with one attached hydrogen (secondary N) is 3. The molecule has 0 bridgehead atoms. The topological polar surface area (TPSA) is 93.7 Å². The van der Waals surface area contributed by atoms with Crippen molar-refractivity contribution in [3.8, 4) is 0 Å². The number of hydrogen-bond donors (Lipinski definition) is 4. The second-order valence-electron chi connectivity index (χ2n) is 9.77. The first-order chi connectivity index (χ1) is 16.0. The number of benzene rings is 1. The molecule has 3 aliphatic rings. The molecular weight excluding hydrogens is 423 g/mol. The molecule has 1 heterocycles. The molecule has 8 heteroatoms. The predicted molar refractivity (Wildman–Crippen MR) is 127 cm³/mol. The first-order valence-corrected chi connectivity index (χ1v) is 12.6. The van der Waals surface area contributed by atoms with Crippen molar-refractivity contribution in [1.29, 1.82) is 0 Å². The van der Waals surface area contributed by atoms with Crippen molar-refractivity contribution in [2.24, 2.45) is 0 Å². The molecule has 0 radical (unpaired) electrons. The Labute approximate surface area is 195 Å². The number of likely N-dealkylation sites (tertiary alicyclic amines) is 1. The Morgan fingerprint density at radius 1 is 0.909 bits per heavy atom. The van der Waals surface area contributed by atoms with Gasteiger partial charge in [0.15, 0.2) is 0 Å². The van der Waals surface area contributed by atoms with Gasteiger partial charge in [0.1, 0.15) is 11.9 Å². The average molecular weight is 461 g/mol. The lowest BCUT2D eigenvalue weighted by molar-refractivity contribution is -0.142. The number of anilines is 2. The van der Waals surface area contributed by atoms with E-state index in [9.17, 15) is 14.7 Å². The van der Waals surface area contributed by atoms with Crippen molar-refractivity contribution >= 4 is 23.3 Å². The quantitative estimate of drug-likeness (QED) is 0.441. The molecule has 7 nitrogen and oxygen atoms in total. The van der Waals surface area contributed by atoms with Crippen molar-refractivity contribution in [2.75, 3.05) is 30.3 Å². The van der Waals surface area contributed by atoms with Crippen LogP contribution >= 0.6 is 0 Å². The minimum atomic E-state index is -0.815. The summed E-state index contributed by atoms with van der Waals surface area (Å²) < 4.78 is 15.0. The Hall–Kier alpha value is -2.35. The number of halogens is 1. The van der Waals surface area contributed by atoms with Crippen molar-refractivity contribution in [3.05, 3.63) is 23.5 Å². The molecule has 1 aromatic carbocycles. The Kier molecular flexibility index (Phi) is 8.06. The second kappa shape index (κ2) is 11.2. The summed E-state index contributed by atoms with van der Waals surface area (Å²) in [6.07, 6.45) is 11.5. The smallest absolute Gasteiger partial charge is 0.320 e. The molecule has 1 saturated heterocycles. The lowest BCUT2D eigenvalue weighted by atomic mass is 9.95. The van der Waals surface area contributed by atoms with Crippen LogP contribution < -0.4 is 16.0 Å². The summed E-state index contributed by atoms with van der Waals surface area (Å²) in [7, 11) is 0. The third kappa shape index (κ3) is 6.16. The van der Waals surface area contributed by atoms with Gasteiger partial charge in [0.25, 0.3) is 5.91 Å². The highest BCUT2D eigenvalue weighted by atomic mass is 19.1. The Morgan fingerprint density at radius 2 is 1.55 bits per heavy atom. The summed E-state index contributed by atoms with van der Waals surface area (Å²) in [5.74, 6) is -1.55. The van der Waals surface area contributed by atoms with Crippen LogP contribution in [0.3, 0.4) is 0 Å². The number of carboxylic acids is 1. The Bertz CT molecular complexity index is 837. The van der Waals surface area contributed by atoms with Gasteiger partial charge >= 0.3 is 5.97 Å². The molecule has 2 saturated carbocycles. The average Bonchev–Trinajstić information content (AvgIpc) is 3.48. The zero-order valence-electron chi connectivity index (χ0n) is 19.4. The first-order valence-electron chi connectivity index (χ1n) is 12.6. The molecule has 182 valence electrons. The molecule has 1 aliphatic heterocycles. The molecule has 1 atom stereocenters. The molecule has 3 fully saturated rings. The summed E-state index contributed by atoms with van der Waals surface area (Å²) in [6, 6.07) is 3.19. The number of amides is 1. The fourth-order valence-electron chi connectivity index (χ4n) is 5.53. The first kappa shape index (κ1) is 23.8. The highest BCUT2D eigenvalue weighted by Gasteiger charge is 2.30. The second-order valence-corrected chi connectivity index (χ2v) is 9.77. The number of aliphatic carboxylic acids is 1. The highest BCUT2D eigenvalue weighted by Crippen LogP contribution is 2.31. The number of nitrogens with zero attached hydrogens (tertiary/aromatic N) is 1. The maximum Gasteiger partial charge on any atom is 0.320 e. The normalized spacial score (nSPS) is 22.4. The SMILES string of the molecule is O=C(NCCN1CCCC1C(=O)O)c1cc(F)c(NC2CCCCC2)cc1NC1CCCC1. The minimum Gasteiger partial charge on any atom is -0.480 e. The Balaban J connectivity index is 1.44. The van der Waals surface area contributed by atoms with E-state index in [2.05, 4.69) is 16.0 Å². The molecule has 1 amide bonds. The van der Waals surface area contributed by atoms with E-state index in [1.807, 2.05) is 4.90 Å². The van der Waals surface area contributed by atoms with E-state index >= 15 is 4.39 Å². The van der Waals surface area contributed by atoms with E-state index in [0.29, 0.717) is 42.5 Å². The largest absolute Gasteiger partial charge is 0.480 e. The predicted octanol–water partition coefficient (Wildman–Crippen LogP) is 4.20. The van der Waals surface area contributed by atoms with Crippen LogP contribution in [-0.2, 0) is 4.79 Å². The van der Waals surface area contributed by atoms with E-state index in [4.69, 9.17) is 0 Å². The molecule has 0 spiro atoms. The van der Waals surface area contributed by atoms with Crippen LogP contribution in [-0.4, -0.2) is 59.6 Å². The van der Waals surface area contributed by atoms with Crippen molar-refractivity contribution in [2.45, 2.75) is 88.8 Å². The highest BCUT2D eigenvalue weighted by molar-refractivity contribution is 6.00. The van der Waals surface area contributed by atoms with Gasteiger partial charge in [0.2, 0.25) is 0 Å². The summed E-state index contributed by atoms with van der Waals surface area (Å²) in [6.45, 7) is 1.52. The van der Waals surface area contributed by atoms with Gasteiger partial charge in [-0.25, -0.2) is 4.39 Å². The molecule has 1 unspecified atom stereocenters. The van der Waals surface area contributed by atoms with Crippen molar-refractivity contribution in [1.82, 2.24) is 10.2 Å². The standard InChI is InChI=1S/C25H37FN4O3/c26-20-15-19(24(31)27-12-14-30-13-6-11-23(30)25(32)33)21(28-17-9-4-5-10-17)16-22(20)29-18-7-2-1-3-8-18/h15-18,23,28-29H,1-14H2,(H,27,31)(H,32,33). The van der Waals surface area contributed by atoms with E-state index in [1.54, 1.807) is 6.07 Å². The maximum absolute atomic E-state index is 15.0. The van der Waals surface area contributed by atoms with Gasteiger partial charge in [0.05, 0.1) is 11.3 Å². The molecule has 4 rings (SSSR count). The summed E-state index contributed by atoms with van der Waals surface area (Å²) in [5, 5.41) is 19.1. The number of hydrogen-bond acceptors (Lipinski definition) is 5. The van der Waals surface area contributed by atoms with Crippen LogP contribution in [0.25, 0.3) is 0 Å². The fraction of sp³-hybridized carbons (Fsp3) is 0.680. The van der Waals surface area contributed by atoms with Crippen LogP contribution in [0.5, 0.6) is 0 Å². The van der Waals surface area contributed by atoms with Crippen LogP contribution in [0.15, 0.2) is 12.1 Å². The molecular formula is C25H37FN4O3. The van der Waals surface area contributed by atoms with Crippen LogP contribution in [0, 0.1) is 5.82 Å².